The first kappa shape index (κ1) is 20.9. The Morgan fingerprint density at radius 2 is 1.76 bits per heavy atom. The number of hydrogen-bond donors (Lipinski definition) is 2. The molecule has 3 aromatic rings. The maximum atomic E-state index is 12.7. The molecule has 0 aliphatic heterocycles. The SMILES string of the molecule is CSc1nc(C)c(CCC(=O)NC(Cc2ccccc2)c2ccccc2)c(=O)[nH]1. The lowest BCUT2D eigenvalue weighted by Crippen LogP contribution is -2.30. The number of rotatable bonds is 8. The maximum absolute atomic E-state index is 12.7. The van der Waals surface area contributed by atoms with E-state index in [4.69, 9.17) is 0 Å². The zero-order valence-electron chi connectivity index (χ0n) is 16.6. The van der Waals surface area contributed by atoms with Crippen LogP contribution in [0.15, 0.2) is 70.6 Å². The van der Waals surface area contributed by atoms with Gasteiger partial charge in [0, 0.05) is 17.7 Å². The van der Waals surface area contributed by atoms with Crippen molar-refractivity contribution >= 4 is 17.7 Å². The minimum Gasteiger partial charge on any atom is -0.349 e. The van der Waals surface area contributed by atoms with E-state index in [0.29, 0.717) is 29.3 Å². The Morgan fingerprint density at radius 3 is 2.38 bits per heavy atom. The van der Waals surface area contributed by atoms with Crippen molar-refractivity contribution in [1.29, 1.82) is 0 Å². The van der Waals surface area contributed by atoms with Crippen LogP contribution in [0.1, 0.15) is 34.8 Å². The summed E-state index contributed by atoms with van der Waals surface area (Å²) in [6, 6.07) is 19.9. The van der Waals surface area contributed by atoms with Crippen LogP contribution >= 0.6 is 11.8 Å². The number of aryl methyl sites for hydroxylation is 1. The van der Waals surface area contributed by atoms with Gasteiger partial charge in [0.15, 0.2) is 5.16 Å². The highest BCUT2D eigenvalue weighted by Gasteiger charge is 2.16. The predicted molar refractivity (Wildman–Crippen MR) is 117 cm³/mol. The van der Waals surface area contributed by atoms with Crippen molar-refractivity contribution in [2.45, 2.75) is 37.4 Å². The molecule has 29 heavy (non-hydrogen) atoms. The molecule has 0 aliphatic rings. The number of aromatic nitrogens is 2. The zero-order valence-corrected chi connectivity index (χ0v) is 17.5. The molecule has 1 amide bonds. The highest BCUT2D eigenvalue weighted by Crippen LogP contribution is 2.19. The molecule has 150 valence electrons. The zero-order chi connectivity index (χ0) is 20.6. The van der Waals surface area contributed by atoms with Crippen LogP contribution in [-0.2, 0) is 17.6 Å². The van der Waals surface area contributed by atoms with Crippen molar-refractivity contribution < 1.29 is 4.79 Å². The van der Waals surface area contributed by atoms with E-state index >= 15 is 0 Å². The predicted octanol–water partition coefficient (Wildman–Crippen LogP) is 3.83. The highest BCUT2D eigenvalue weighted by molar-refractivity contribution is 7.98. The first-order valence-electron chi connectivity index (χ1n) is 9.59. The van der Waals surface area contributed by atoms with E-state index in [1.165, 1.54) is 11.8 Å². The average molecular weight is 408 g/mol. The van der Waals surface area contributed by atoms with Gasteiger partial charge >= 0.3 is 0 Å². The largest absolute Gasteiger partial charge is 0.349 e. The van der Waals surface area contributed by atoms with E-state index < -0.39 is 0 Å². The summed E-state index contributed by atoms with van der Waals surface area (Å²) in [4.78, 5) is 32.1. The number of thioether (sulfide) groups is 1. The van der Waals surface area contributed by atoms with Gasteiger partial charge in [-0.2, -0.15) is 0 Å². The monoisotopic (exact) mass is 407 g/mol. The van der Waals surface area contributed by atoms with E-state index in [1.54, 1.807) is 0 Å². The summed E-state index contributed by atoms with van der Waals surface area (Å²) in [5, 5.41) is 3.73. The number of aromatic amines is 1. The molecule has 3 rings (SSSR count). The second-order valence-electron chi connectivity index (χ2n) is 6.86. The van der Waals surface area contributed by atoms with Crippen LogP contribution in [0.2, 0.25) is 0 Å². The van der Waals surface area contributed by atoms with Crippen LogP contribution in [0.5, 0.6) is 0 Å². The summed E-state index contributed by atoms with van der Waals surface area (Å²) in [7, 11) is 0. The molecule has 5 nitrogen and oxygen atoms in total. The van der Waals surface area contributed by atoms with Crippen molar-refractivity contribution in [1.82, 2.24) is 15.3 Å². The average Bonchev–Trinajstić information content (AvgIpc) is 2.74. The Morgan fingerprint density at radius 1 is 1.10 bits per heavy atom. The quantitative estimate of drug-likeness (QED) is 0.440. The van der Waals surface area contributed by atoms with Gasteiger partial charge in [-0.1, -0.05) is 72.4 Å². The molecular formula is C23H25N3O2S. The lowest BCUT2D eigenvalue weighted by atomic mass is 9.98. The number of nitrogens with one attached hydrogen (secondary N) is 2. The van der Waals surface area contributed by atoms with Gasteiger partial charge in [-0.15, -0.1) is 0 Å². The number of carbonyl (C=O) groups is 1. The van der Waals surface area contributed by atoms with Crippen molar-refractivity contribution in [3.05, 3.63) is 93.4 Å². The highest BCUT2D eigenvalue weighted by atomic mass is 32.2. The molecule has 1 heterocycles. The van der Waals surface area contributed by atoms with Crippen LogP contribution in [0.3, 0.4) is 0 Å². The summed E-state index contributed by atoms with van der Waals surface area (Å²) in [6.07, 6.45) is 3.17. The Hall–Kier alpha value is -2.86. The molecule has 1 atom stereocenters. The molecule has 0 bridgehead atoms. The number of benzene rings is 2. The molecule has 0 fully saturated rings. The Labute approximate surface area is 175 Å². The van der Waals surface area contributed by atoms with Gasteiger partial charge in [-0.25, -0.2) is 4.98 Å². The minimum atomic E-state index is -0.168. The molecule has 2 N–H and O–H groups in total. The van der Waals surface area contributed by atoms with Crippen LogP contribution in [0, 0.1) is 6.92 Å². The number of nitrogens with zero attached hydrogens (tertiary/aromatic N) is 1. The first-order valence-corrected chi connectivity index (χ1v) is 10.8. The van der Waals surface area contributed by atoms with Gasteiger partial charge in [-0.05, 0) is 37.1 Å². The smallest absolute Gasteiger partial charge is 0.254 e. The standard InChI is InChI=1S/C23H25N3O2S/c1-16-19(22(28)26-23(24-16)29-2)13-14-21(27)25-20(18-11-7-4-8-12-18)15-17-9-5-3-6-10-17/h3-12,20H,13-15H2,1-2H3,(H,25,27)(H,24,26,28). The van der Waals surface area contributed by atoms with Crippen LogP contribution in [0.25, 0.3) is 0 Å². The van der Waals surface area contributed by atoms with Crippen LogP contribution in [-0.4, -0.2) is 22.1 Å². The lowest BCUT2D eigenvalue weighted by Gasteiger charge is -2.20. The third-order valence-electron chi connectivity index (χ3n) is 4.82. The Balaban J connectivity index is 1.70. The second-order valence-corrected chi connectivity index (χ2v) is 7.65. The van der Waals surface area contributed by atoms with Crippen molar-refractivity contribution in [2.75, 3.05) is 6.26 Å². The first-order chi connectivity index (χ1) is 14.1. The minimum absolute atomic E-state index is 0.0810. The fourth-order valence-electron chi connectivity index (χ4n) is 3.27. The molecule has 0 aliphatic carbocycles. The van der Waals surface area contributed by atoms with Crippen LogP contribution in [0.4, 0.5) is 0 Å². The van der Waals surface area contributed by atoms with Gasteiger partial charge in [0.05, 0.1) is 6.04 Å². The van der Waals surface area contributed by atoms with E-state index in [1.807, 2.05) is 61.7 Å². The molecule has 6 heteroatoms. The topological polar surface area (TPSA) is 74.8 Å². The number of hydrogen-bond acceptors (Lipinski definition) is 4. The lowest BCUT2D eigenvalue weighted by molar-refractivity contribution is -0.121. The van der Waals surface area contributed by atoms with E-state index in [0.717, 1.165) is 11.1 Å². The molecule has 1 aromatic heterocycles. The molecule has 2 aromatic carbocycles. The second kappa shape index (κ2) is 10.1. The van der Waals surface area contributed by atoms with E-state index in [2.05, 4.69) is 27.4 Å². The number of amides is 1. The van der Waals surface area contributed by atoms with Gasteiger partial charge in [-0.3, -0.25) is 9.59 Å². The molecule has 0 radical (unpaired) electrons. The summed E-state index contributed by atoms with van der Waals surface area (Å²) < 4.78 is 0. The van der Waals surface area contributed by atoms with Gasteiger partial charge in [0.2, 0.25) is 5.91 Å². The molecular weight excluding hydrogens is 382 g/mol. The van der Waals surface area contributed by atoms with Gasteiger partial charge < -0.3 is 10.3 Å². The fourth-order valence-corrected chi connectivity index (χ4v) is 3.69. The third-order valence-corrected chi connectivity index (χ3v) is 5.40. The molecule has 0 spiro atoms. The van der Waals surface area contributed by atoms with Gasteiger partial charge in [0.25, 0.3) is 5.56 Å². The summed E-state index contributed by atoms with van der Waals surface area (Å²) in [5.74, 6) is -0.0810. The molecule has 0 saturated carbocycles. The Bertz CT molecular complexity index is 1000. The van der Waals surface area contributed by atoms with Crippen molar-refractivity contribution in [3.8, 4) is 0 Å². The maximum Gasteiger partial charge on any atom is 0.254 e. The van der Waals surface area contributed by atoms with E-state index in [9.17, 15) is 9.59 Å². The van der Waals surface area contributed by atoms with Crippen molar-refractivity contribution in [2.24, 2.45) is 0 Å². The molecule has 1 unspecified atom stereocenters. The van der Waals surface area contributed by atoms with Crippen LogP contribution < -0.4 is 10.9 Å². The number of carbonyl (C=O) groups excluding carboxylic acids is 1. The summed E-state index contributed by atoms with van der Waals surface area (Å²) in [5.41, 5.74) is 3.29. The fraction of sp³-hybridized carbons (Fsp3) is 0.261. The van der Waals surface area contributed by atoms with Gasteiger partial charge in [0.1, 0.15) is 0 Å². The van der Waals surface area contributed by atoms with Crippen molar-refractivity contribution in [3.63, 3.8) is 0 Å². The molecule has 0 saturated heterocycles. The summed E-state index contributed by atoms with van der Waals surface area (Å²) >= 11 is 1.39. The van der Waals surface area contributed by atoms with E-state index in [-0.39, 0.29) is 23.9 Å². The Kier molecular flexibility index (Phi) is 7.25. The summed E-state index contributed by atoms with van der Waals surface area (Å²) in [6.45, 7) is 1.81. The third kappa shape index (κ3) is 5.81. The number of H-pyrrole nitrogens is 1. The normalized spacial score (nSPS) is 11.8.